The van der Waals surface area contributed by atoms with Gasteiger partial charge < -0.3 is 15.2 Å². The van der Waals surface area contributed by atoms with Crippen LogP contribution in [0.15, 0.2) is 24.3 Å². The summed E-state index contributed by atoms with van der Waals surface area (Å²) in [5.74, 6) is -0.793. The third-order valence-corrected chi connectivity index (χ3v) is 2.86. The molecule has 1 aliphatic rings. The molecule has 1 heterocycles. The van der Waals surface area contributed by atoms with E-state index in [-0.39, 0.29) is 0 Å². The van der Waals surface area contributed by atoms with Gasteiger partial charge in [0.2, 0.25) is 0 Å². The van der Waals surface area contributed by atoms with Gasteiger partial charge in [0, 0.05) is 12.2 Å². The zero-order valence-corrected chi connectivity index (χ0v) is 9.19. The minimum atomic E-state index is -0.793. The molecule has 0 aromatic heterocycles. The summed E-state index contributed by atoms with van der Waals surface area (Å²) in [6.45, 7) is 3.00. The largest absolute Gasteiger partial charge is 0.481 e. The second-order valence-electron chi connectivity index (χ2n) is 4.30. The fourth-order valence-electron chi connectivity index (χ4n) is 1.68. The van der Waals surface area contributed by atoms with Crippen molar-refractivity contribution in [2.45, 2.75) is 6.92 Å². The summed E-state index contributed by atoms with van der Waals surface area (Å²) in [7, 11) is 0. The molecule has 86 valence electrons. The van der Waals surface area contributed by atoms with Gasteiger partial charge in [0.05, 0.1) is 13.2 Å². The number of carboxylic acid groups (broad SMARTS) is 1. The highest BCUT2D eigenvalue weighted by Gasteiger charge is 2.46. The van der Waals surface area contributed by atoms with Crippen molar-refractivity contribution in [1.82, 2.24) is 0 Å². The summed E-state index contributed by atoms with van der Waals surface area (Å²) in [5.41, 5.74) is 1.36. The molecular formula is C12H15NO3. The lowest BCUT2D eigenvalue weighted by Gasteiger charge is -2.37. The first kappa shape index (κ1) is 11.0. The Labute approximate surface area is 94.2 Å². The molecule has 0 atom stereocenters. The van der Waals surface area contributed by atoms with Crippen molar-refractivity contribution in [1.29, 1.82) is 0 Å². The second kappa shape index (κ2) is 4.14. The molecule has 4 heteroatoms. The number of carboxylic acids is 1. The van der Waals surface area contributed by atoms with Gasteiger partial charge >= 0.3 is 5.97 Å². The highest BCUT2D eigenvalue weighted by molar-refractivity contribution is 5.77. The Morgan fingerprint density at radius 2 is 2.31 bits per heavy atom. The Balaban J connectivity index is 1.99. The second-order valence-corrected chi connectivity index (χ2v) is 4.30. The van der Waals surface area contributed by atoms with Gasteiger partial charge in [0.15, 0.2) is 0 Å². The van der Waals surface area contributed by atoms with Crippen LogP contribution in [0.5, 0.6) is 0 Å². The van der Waals surface area contributed by atoms with E-state index in [1.54, 1.807) is 0 Å². The molecule has 2 rings (SSSR count). The minimum Gasteiger partial charge on any atom is -0.481 e. The Kier molecular flexibility index (Phi) is 2.83. The topological polar surface area (TPSA) is 58.6 Å². The van der Waals surface area contributed by atoms with Gasteiger partial charge in [-0.05, 0) is 24.6 Å². The maximum absolute atomic E-state index is 11.1. The van der Waals surface area contributed by atoms with Crippen molar-refractivity contribution in [3.05, 3.63) is 29.8 Å². The van der Waals surface area contributed by atoms with Crippen LogP contribution in [0, 0.1) is 12.3 Å². The van der Waals surface area contributed by atoms with E-state index >= 15 is 0 Å². The number of aryl methyl sites for hydroxylation is 1. The lowest BCUT2D eigenvalue weighted by atomic mass is 9.86. The first-order chi connectivity index (χ1) is 7.62. The molecule has 0 bridgehead atoms. The highest BCUT2D eigenvalue weighted by atomic mass is 16.5. The third-order valence-electron chi connectivity index (χ3n) is 2.86. The molecule has 1 aliphatic heterocycles. The number of benzene rings is 1. The molecule has 0 spiro atoms. The van der Waals surface area contributed by atoms with Crippen molar-refractivity contribution >= 4 is 11.7 Å². The van der Waals surface area contributed by atoms with E-state index in [9.17, 15) is 4.79 Å². The van der Waals surface area contributed by atoms with E-state index in [0.717, 1.165) is 11.3 Å². The molecule has 0 saturated carbocycles. The number of hydrogen-bond donors (Lipinski definition) is 2. The van der Waals surface area contributed by atoms with Gasteiger partial charge in [0.25, 0.3) is 0 Å². The van der Waals surface area contributed by atoms with Crippen LogP contribution in [-0.4, -0.2) is 30.8 Å². The van der Waals surface area contributed by atoms with Crippen LogP contribution in [0.2, 0.25) is 0 Å². The van der Waals surface area contributed by atoms with Gasteiger partial charge in [-0.15, -0.1) is 0 Å². The predicted molar refractivity (Wildman–Crippen MR) is 60.6 cm³/mol. The molecule has 1 fully saturated rings. The van der Waals surface area contributed by atoms with Crippen molar-refractivity contribution in [3.8, 4) is 0 Å². The molecule has 1 aromatic rings. The number of hydrogen-bond acceptors (Lipinski definition) is 3. The molecule has 1 saturated heterocycles. The predicted octanol–water partition coefficient (Wildman–Crippen LogP) is 1.51. The number of anilines is 1. The summed E-state index contributed by atoms with van der Waals surface area (Å²) < 4.78 is 4.99. The van der Waals surface area contributed by atoms with Gasteiger partial charge in [-0.2, -0.15) is 0 Å². The zero-order chi connectivity index (χ0) is 11.6. The maximum atomic E-state index is 11.1. The molecular weight excluding hydrogens is 206 g/mol. The molecule has 16 heavy (non-hydrogen) atoms. The van der Waals surface area contributed by atoms with Crippen molar-refractivity contribution in [2.24, 2.45) is 5.41 Å². The SMILES string of the molecule is Cc1cccc(NCC2(C(=O)O)COC2)c1. The Morgan fingerprint density at radius 3 is 2.81 bits per heavy atom. The van der Waals surface area contributed by atoms with Gasteiger partial charge in [0.1, 0.15) is 5.41 Å². The third kappa shape index (κ3) is 2.02. The summed E-state index contributed by atoms with van der Waals surface area (Å²) in [4.78, 5) is 11.1. The number of nitrogens with one attached hydrogen (secondary N) is 1. The quantitative estimate of drug-likeness (QED) is 0.809. The number of ether oxygens (including phenoxy) is 1. The van der Waals surface area contributed by atoms with E-state index in [0.29, 0.717) is 19.8 Å². The fourth-order valence-corrected chi connectivity index (χ4v) is 1.68. The zero-order valence-electron chi connectivity index (χ0n) is 9.19. The summed E-state index contributed by atoms with van der Waals surface area (Å²) in [5, 5.41) is 12.2. The lowest BCUT2D eigenvalue weighted by Crippen LogP contribution is -2.53. The number of carbonyl (C=O) groups is 1. The Bertz CT molecular complexity index is 399. The Hall–Kier alpha value is -1.55. The van der Waals surface area contributed by atoms with E-state index < -0.39 is 11.4 Å². The summed E-state index contributed by atoms with van der Waals surface area (Å²) in [6.07, 6.45) is 0. The van der Waals surface area contributed by atoms with E-state index in [2.05, 4.69) is 5.32 Å². The van der Waals surface area contributed by atoms with Crippen molar-refractivity contribution in [2.75, 3.05) is 25.1 Å². The minimum absolute atomic E-state index is 0.293. The van der Waals surface area contributed by atoms with Crippen LogP contribution in [0.25, 0.3) is 0 Å². The van der Waals surface area contributed by atoms with Crippen LogP contribution >= 0.6 is 0 Å². The number of rotatable bonds is 4. The first-order valence-electron chi connectivity index (χ1n) is 5.24. The van der Waals surface area contributed by atoms with Gasteiger partial charge in [-0.25, -0.2) is 0 Å². The average molecular weight is 221 g/mol. The smallest absolute Gasteiger partial charge is 0.316 e. The van der Waals surface area contributed by atoms with Crippen molar-refractivity contribution < 1.29 is 14.6 Å². The number of aliphatic carboxylic acids is 1. The monoisotopic (exact) mass is 221 g/mol. The standard InChI is InChI=1S/C12H15NO3/c1-9-3-2-4-10(5-9)13-6-12(11(14)15)7-16-8-12/h2-5,13H,6-8H2,1H3,(H,14,15). The van der Waals surface area contributed by atoms with Crippen molar-refractivity contribution in [3.63, 3.8) is 0 Å². The van der Waals surface area contributed by atoms with Crippen LogP contribution in [0.3, 0.4) is 0 Å². The molecule has 1 aromatic carbocycles. The average Bonchev–Trinajstić information content (AvgIpc) is 2.15. The Morgan fingerprint density at radius 1 is 1.56 bits per heavy atom. The molecule has 0 radical (unpaired) electrons. The molecule has 0 unspecified atom stereocenters. The van der Waals surface area contributed by atoms with E-state index in [4.69, 9.17) is 9.84 Å². The van der Waals surface area contributed by atoms with Gasteiger partial charge in [-0.3, -0.25) is 4.79 Å². The first-order valence-corrected chi connectivity index (χ1v) is 5.24. The molecule has 0 amide bonds. The molecule has 2 N–H and O–H groups in total. The lowest BCUT2D eigenvalue weighted by molar-refractivity contribution is -0.176. The molecule has 4 nitrogen and oxygen atoms in total. The normalized spacial score (nSPS) is 17.6. The summed E-state index contributed by atoms with van der Waals surface area (Å²) in [6, 6.07) is 7.88. The maximum Gasteiger partial charge on any atom is 0.316 e. The summed E-state index contributed by atoms with van der Waals surface area (Å²) >= 11 is 0. The van der Waals surface area contributed by atoms with E-state index in [1.807, 2.05) is 31.2 Å². The van der Waals surface area contributed by atoms with Crippen LogP contribution in [0.4, 0.5) is 5.69 Å². The van der Waals surface area contributed by atoms with Crippen LogP contribution in [-0.2, 0) is 9.53 Å². The van der Waals surface area contributed by atoms with E-state index in [1.165, 1.54) is 0 Å². The highest BCUT2D eigenvalue weighted by Crippen LogP contribution is 2.28. The van der Waals surface area contributed by atoms with Crippen LogP contribution < -0.4 is 5.32 Å². The molecule has 0 aliphatic carbocycles. The van der Waals surface area contributed by atoms with Crippen LogP contribution in [0.1, 0.15) is 5.56 Å². The van der Waals surface area contributed by atoms with Gasteiger partial charge in [-0.1, -0.05) is 12.1 Å². The fraction of sp³-hybridized carbons (Fsp3) is 0.417.